The summed E-state index contributed by atoms with van der Waals surface area (Å²) in [7, 11) is 2.66. The molecule has 166 valence electrons. The van der Waals surface area contributed by atoms with Crippen LogP contribution in [0.15, 0.2) is 63.1 Å². The molecule has 0 bridgehead atoms. The molecule has 0 aliphatic rings. The second-order valence-electron chi connectivity index (χ2n) is 6.95. The fourth-order valence-electron chi connectivity index (χ4n) is 2.85. The van der Waals surface area contributed by atoms with Crippen molar-refractivity contribution in [1.29, 1.82) is 0 Å². The van der Waals surface area contributed by atoms with Crippen LogP contribution in [-0.4, -0.2) is 30.9 Å². The highest BCUT2D eigenvalue weighted by molar-refractivity contribution is 8.15. The summed E-state index contributed by atoms with van der Waals surface area (Å²) in [6.45, 7) is 1.84. The van der Waals surface area contributed by atoms with Crippen molar-refractivity contribution in [3.05, 3.63) is 85.5 Å². The molecule has 1 aromatic heterocycles. The predicted molar refractivity (Wildman–Crippen MR) is 129 cm³/mol. The zero-order chi connectivity index (χ0) is 23.4. The van der Waals surface area contributed by atoms with Crippen LogP contribution in [0, 0.1) is 6.92 Å². The van der Waals surface area contributed by atoms with Crippen LogP contribution in [0.4, 0.5) is 11.4 Å². The second-order valence-corrected chi connectivity index (χ2v) is 8.35. The summed E-state index contributed by atoms with van der Waals surface area (Å²) in [5.41, 5.74) is 0.404. The number of aromatic hydroxyl groups is 1. The van der Waals surface area contributed by atoms with Crippen LogP contribution >= 0.6 is 23.4 Å². The van der Waals surface area contributed by atoms with E-state index in [1.54, 1.807) is 42.5 Å². The zero-order valence-electron chi connectivity index (χ0n) is 17.6. The Labute approximate surface area is 193 Å². The Morgan fingerprint density at radius 3 is 2.50 bits per heavy atom. The van der Waals surface area contributed by atoms with Crippen LogP contribution < -0.4 is 16.6 Å². The lowest BCUT2D eigenvalue weighted by Gasteiger charge is -2.13. The maximum absolute atomic E-state index is 12.8. The lowest BCUT2D eigenvalue weighted by Crippen LogP contribution is -2.39. The van der Waals surface area contributed by atoms with E-state index in [9.17, 15) is 19.5 Å². The van der Waals surface area contributed by atoms with Crippen LogP contribution in [0.3, 0.4) is 0 Å². The molecule has 3 rings (SSSR count). The Bertz CT molecular complexity index is 1320. The topological polar surface area (TPSA) is 106 Å². The number of thioether (sulfide) groups is 1. The number of benzene rings is 2. The van der Waals surface area contributed by atoms with Gasteiger partial charge in [-0.2, -0.15) is 0 Å². The molecule has 10 heteroatoms. The summed E-state index contributed by atoms with van der Waals surface area (Å²) in [5.74, 6) is -0.961. The number of aryl methyl sites for hydroxylation is 1. The van der Waals surface area contributed by atoms with E-state index in [1.165, 1.54) is 14.1 Å². The van der Waals surface area contributed by atoms with E-state index in [1.807, 2.05) is 13.0 Å². The third-order valence-electron chi connectivity index (χ3n) is 4.65. The Hall–Kier alpha value is -3.30. The molecular weight excluding hydrogens is 452 g/mol. The maximum atomic E-state index is 12.8. The fourth-order valence-corrected chi connectivity index (χ4v) is 3.85. The molecule has 0 radical (unpaired) electrons. The number of amides is 1. The van der Waals surface area contributed by atoms with Gasteiger partial charge in [-0.25, -0.2) is 9.79 Å². The third-order valence-corrected chi connectivity index (χ3v) is 5.86. The van der Waals surface area contributed by atoms with Gasteiger partial charge in [0.2, 0.25) is 11.8 Å². The number of para-hydroxylation sites is 1. The minimum Gasteiger partial charge on any atom is -0.494 e. The van der Waals surface area contributed by atoms with Gasteiger partial charge < -0.3 is 10.4 Å². The smallest absolute Gasteiger partial charge is 0.333 e. The molecule has 0 saturated heterocycles. The Morgan fingerprint density at radius 2 is 1.81 bits per heavy atom. The molecule has 3 aromatic rings. The van der Waals surface area contributed by atoms with Gasteiger partial charge in [-0.1, -0.05) is 47.6 Å². The normalized spacial score (nSPS) is 11.4. The van der Waals surface area contributed by atoms with Crippen LogP contribution in [0.5, 0.6) is 5.88 Å². The molecule has 8 nitrogen and oxygen atoms in total. The van der Waals surface area contributed by atoms with E-state index in [-0.39, 0.29) is 22.3 Å². The van der Waals surface area contributed by atoms with E-state index >= 15 is 0 Å². The van der Waals surface area contributed by atoms with Crippen molar-refractivity contribution in [2.24, 2.45) is 19.1 Å². The largest absolute Gasteiger partial charge is 0.494 e. The first kappa shape index (κ1) is 23.4. The first-order valence-corrected chi connectivity index (χ1v) is 10.9. The molecular formula is C22H21ClN4O4S. The summed E-state index contributed by atoms with van der Waals surface area (Å²) in [6, 6.07) is 14.0. The molecule has 0 spiro atoms. The van der Waals surface area contributed by atoms with Gasteiger partial charge in [0.05, 0.1) is 11.4 Å². The lowest BCUT2D eigenvalue weighted by molar-refractivity contribution is -0.113. The van der Waals surface area contributed by atoms with Crippen LogP contribution in [-0.2, 0) is 18.9 Å². The molecule has 1 heterocycles. The third kappa shape index (κ3) is 5.12. The Balaban J connectivity index is 1.97. The molecule has 0 saturated carbocycles. The number of halogens is 1. The van der Waals surface area contributed by atoms with Crippen molar-refractivity contribution in [3.8, 4) is 5.88 Å². The first-order chi connectivity index (χ1) is 15.2. The molecule has 0 aliphatic carbocycles. The SMILES string of the molecule is Cc1ccc(Cl)cc1NC(=O)CSC(=Nc1ccccc1)c1c(O)n(C)c(=O)n(C)c1=O. The average molecular weight is 473 g/mol. The van der Waals surface area contributed by atoms with E-state index in [4.69, 9.17) is 11.6 Å². The van der Waals surface area contributed by atoms with Crippen molar-refractivity contribution in [1.82, 2.24) is 9.13 Å². The highest BCUT2D eigenvalue weighted by Crippen LogP contribution is 2.24. The van der Waals surface area contributed by atoms with Crippen molar-refractivity contribution in [3.63, 3.8) is 0 Å². The molecule has 0 atom stereocenters. The predicted octanol–water partition coefficient (Wildman–Crippen LogP) is 3.20. The lowest BCUT2D eigenvalue weighted by atomic mass is 10.2. The van der Waals surface area contributed by atoms with E-state index < -0.39 is 17.1 Å². The number of nitrogens with one attached hydrogen (secondary N) is 1. The number of anilines is 1. The van der Waals surface area contributed by atoms with Gasteiger partial charge in [-0.15, -0.1) is 0 Å². The minimum atomic E-state index is -0.709. The van der Waals surface area contributed by atoms with Crippen molar-refractivity contribution in [2.45, 2.75) is 6.92 Å². The number of rotatable bonds is 5. The molecule has 32 heavy (non-hydrogen) atoms. The number of hydrogen-bond acceptors (Lipinski definition) is 6. The molecule has 0 unspecified atom stereocenters. The van der Waals surface area contributed by atoms with E-state index in [0.29, 0.717) is 16.4 Å². The number of carbonyl (C=O) groups is 1. The molecule has 2 N–H and O–H groups in total. The van der Waals surface area contributed by atoms with E-state index in [2.05, 4.69) is 10.3 Å². The van der Waals surface area contributed by atoms with Gasteiger partial charge in [0.15, 0.2) is 0 Å². The highest BCUT2D eigenvalue weighted by Gasteiger charge is 2.22. The Kier molecular flexibility index (Phi) is 7.22. The van der Waals surface area contributed by atoms with Gasteiger partial charge in [-0.3, -0.25) is 18.7 Å². The van der Waals surface area contributed by atoms with E-state index in [0.717, 1.165) is 26.5 Å². The minimum absolute atomic E-state index is 0.0942. The van der Waals surface area contributed by atoms with Crippen LogP contribution in [0.2, 0.25) is 5.02 Å². The molecule has 0 fully saturated rings. The first-order valence-electron chi connectivity index (χ1n) is 9.51. The zero-order valence-corrected chi connectivity index (χ0v) is 19.2. The Morgan fingerprint density at radius 1 is 1.12 bits per heavy atom. The number of carbonyl (C=O) groups excluding carboxylic acids is 1. The standard InChI is InChI=1S/C22H21ClN4O4S/c1-13-9-10-14(23)11-16(13)25-17(28)12-32-19(24-15-7-5-4-6-8-15)18-20(29)26(2)22(31)27(3)21(18)30/h4-11,29H,12H2,1-3H3,(H,25,28). The highest BCUT2D eigenvalue weighted by atomic mass is 35.5. The monoisotopic (exact) mass is 472 g/mol. The number of aliphatic imine (C=N–C) groups is 1. The van der Waals surface area contributed by atoms with Crippen LogP contribution in [0.25, 0.3) is 0 Å². The van der Waals surface area contributed by atoms with Gasteiger partial charge in [0.25, 0.3) is 5.56 Å². The summed E-state index contributed by atoms with van der Waals surface area (Å²) in [4.78, 5) is 42.0. The fraction of sp³-hybridized carbons (Fsp3) is 0.182. The second kappa shape index (κ2) is 9.88. The summed E-state index contributed by atoms with van der Waals surface area (Å²) < 4.78 is 1.83. The summed E-state index contributed by atoms with van der Waals surface area (Å²) in [5, 5.41) is 13.9. The maximum Gasteiger partial charge on any atom is 0.333 e. The van der Waals surface area contributed by atoms with Gasteiger partial charge in [0.1, 0.15) is 10.6 Å². The van der Waals surface area contributed by atoms with Gasteiger partial charge >= 0.3 is 5.69 Å². The van der Waals surface area contributed by atoms with Crippen LogP contribution in [0.1, 0.15) is 11.1 Å². The number of aromatic nitrogens is 2. The molecule has 1 amide bonds. The number of nitrogens with zero attached hydrogens (tertiary/aromatic N) is 3. The van der Waals surface area contributed by atoms with Crippen molar-refractivity contribution in [2.75, 3.05) is 11.1 Å². The molecule has 0 aliphatic heterocycles. The van der Waals surface area contributed by atoms with Crippen molar-refractivity contribution >= 4 is 45.7 Å². The average Bonchev–Trinajstić information content (AvgIpc) is 2.78. The summed E-state index contributed by atoms with van der Waals surface area (Å²) in [6.07, 6.45) is 0. The molecule has 2 aromatic carbocycles. The van der Waals surface area contributed by atoms with Gasteiger partial charge in [-0.05, 0) is 36.8 Å². The quantitative estimate of drug-likeness (QED) is 0.438. The van der Waals surface area contributed by atoms with Gasteiger partial charge in [0, 0.05) is 24.8 Å². The number of hydrogen-bond donors (Lipinski definition) is 2. The van der Waals surface area contributed by atoms with Crippen molar-refractivity contribution < 1.29 is 9.90 Å². The summed E-state index contributed by atoms with van der Waals surface area (Å²) >= 11 is 6.98.